The van der Waals surface area contributed by atoms with Gasteiger partial charge in [-0.25, -0.2) is 0 Å². The highest BCUT2D eigenvalue weighted by molar-refractivity contribution is 5.92. The van der Waals surface area contributed by atoms with Crippen molar-refractivity contribution in [3.05, 3.63) is 35.9 Å². The molecule has 0 spiro atoms. The molecule has 2 unspecified atom stereocenters. The van der Waals surface area contributed by atoms with Gasteiger partial charge in [-0.3, -0.25) is 9.59 Å². The number of hydrogen-bond acceptors (Lipinski definition) is 2. The summed E-state index contributed by atoms with van der Waals surface area (Å²) >= 11 is 0. The Labute approximate surface area is 138 Å². The van der Waals surface area contributed by atoms with Gasteiger partial charge in [0.25, 0.3) is 0 Å². The van der Waals surface area contributed by atoms with E-state index in [9.17, 15) is 9.59 Å². The predicted octanol–water partition coefficient (Wildman–Crippen LogP) is 2.43. The lowest BCUT2D eigenvalue weighted by Crippen LogP contribution is -2.35. The molecule has 0 radical (unpaired) electrons. The number of aryl methyl sites for hydroxylation is 1. The Balaban J connectivity index is 1.31. The van der Waals surface area contributed by atoms with Gasteiger partial charge in [0.2, 0.25) is 11.8 Å². The van der Waals surface area contributed by atoms with Gasteiger partial charge in [0.15, 0.2) is 0 Å². The van der Waals surface area contributed by atoms with Gasteiger partial charge >= 0.3 is 0 Å². The van der Waals surface area contributed by atoms with Crippen molar-refractivity contribution in [2.75, 3.05) is 6.54 Å². The molecule has 0 saturated heterocycles. The molecule has 2 fully saturated rings. The Morgan fingerprint density at radius 1 is 1.00 bits per heavy atom. The fraction of sp³-hybridized carbons (Fsp3) is 0.579. The number of rotatable bonds is 7. The third kappa shape index (κ3) is 4.57. The first-order chi connectivity index (χ1) is 11.2. The van der Waals surface area contributed by atoms with Gasteiger partial charge in [-0.05, 0) is 37.7 Å². The lowest BCUT2D eigenvalue weighted by atomic mass is 10.1. The summed E-state index contributed by atoms with van der Waals surface area (Å²) in [5.41, 5.74) is 1.29. The summed E-state index contributed by atoms with van der Waals surface area (Å²) in [6.45, 7) is 0.682. The topological polar surface area (TPSA) is 58.2 Å². The summed E-state index contributed by atoms with van der Waals surface area (Å²) in [5, 5.41) is 6.07. The number of carbonyl (C=O) groups is 2. The summed E-state index contributed by atoms with van der Waals surface area (Å²) in [7, 11) is 0. The molecule has 124 valence electrons. The molecule has 0 aromatic heterocycles. The van der Waals surface area contributed by atoms with E-state index in [1.54, 1.807) is 0 Å². The van der Waals surface area contributed by atoms with Crippen molar-refractivity contribution < 1.29 is 9.59 Å². The molecule has 0 heterocycles. The smallest absolute Gasteiger partial charge is 0.224 e. The van der Waals surface area contributed by atoms with Crippen LogP contribution in [-0.4, -0.2) is 24.4 Å². The normalized spacial score (nSPS) is 23.5. The standard InChI is InChI=1S/C19H26N2O2/c22-18(20-12-6-9-14-7-2-1-3-8-14)16-13-17(16)19(23)21-15-10-4-5-11-15/h1-3,7-8,15-17H,4-6,9-13H2,(H,20,22)(H,21,23). The molecule has 2 atom stereocenters. The Hall–Kier alpha value is -1.84. The molecule has 0 bridgehead atoms. The number of hydrogen-bond donors (Lipinski definition) is 2. The maximum Gasteiger partial charge on any atom is 0.224 e. The van der Waals surface area contributed by atoms with Crippen LogP contribution in [0.4, 0.5) is 0 Å². The average Bonchev–Trinajstić information content (AvgIpc) is 3.23. The van der Waals surface area contributed by atoms with Crippen molar-refractivity contribution in [3.63, 3.8) is 0 Å². The minimum absolute atomic E-state index is 0.0460. The van der Waals surface area contributed by atoms with E-state index >= 15 is 0 Å². The monoisotopic (exact) mass is 314 g/mol. The van der Waals surface area contributed by atoms with Gasteiger partial charge in [0, 0.05) is 12.6 Å². The van der Waals surface area contributed by atoms with Gasteiger partial charge in [-0.2, -0.15) is 0 Å². The Morgan fingerprint density at radius 3 is 2.43 bits per heavy atom. The third-order valence-corrected chi connectivity index (χ3v) is 4.95. The second-order valence-corrected chi connectivity index (χ2v) is 6.82. The van der Waals surface area contributed by atoms with E-state index in [2.05, 4.69) is 22.8 Å². The zero-order valence-electron chi connectivity index (χ0n) is 13.6. The van der Waals surface area contributed by atoms with Crippen molar-refractivity contribution in [2.24, 2.45) is 11.8 Å². The summed E-state index contributed by atoms with van der Waals surface area (Å²) in [6, 6.07) is 10.6. The molecule has 23 heavy (non-hydrogen) atoms. The number of amides is 2. The molecule has 2 aliphatic carbocycles. The van der Waals surface area contributed by atoms with Crippen molar-refractivity contribution in [3.8, 4) is 0 Å². The van der Waals surface area contributed by atoms with Crippen molar-refractivity contribution in [1.82, 2.24) is 10.6 Å². The Kier molecular flexibility index (Phi) is 5.31. The fourth-order valence-electron chi connectivity index (χ4n) is 3.43. The van der Waals surface area contributed by atoms with Gasteiger partial charge in [-0.1, -0.05) is 43.2 Å². The molecular weight excluding hydrogens is 288 g/mol. The van der Waals surface area contributed by atoms with Crippen LogP contribution in [0.3, 0.4) is 0 Å². The van der Waals surface area contributed by atoms with E-state index < -0.39 is 0 Å². The predicted molar refractivity (Wildman–Crippen MR) is 89.8 cm³/mol. The Morgan fingerprint density at radius 2 is 1.70 bits per heavy atom. The third-order valence-electron chi connectivity index (χ3n) is 4.95. The van der Waals surface area contributed by atoms with E-state index in [1.807, 2.05) is 18.2 Å². The van der Waals surface area contributed by atoms with Crippen LogP contribution in [0.15, 0.2) is 30.3 Å². The molecule has 2 aliphatic rings. The number of nitrogens with one attached hydrogen (secondary N) is 2. The van der Waals surface area contributed by atoms with Crippen LogP contribution in [0, 0.1) is 11.8 Å². The van der Waals surface area contributed by atoms with Crippen molar-refractivity contribution in [1.29, 1.82) is 0 Å². The maximum atomic E-state index is 12.1. The largest absolute Gasteiger partial charge is 0.356 e. The molecule has 2 saturated carbocycles. The average molecular weight is 314 g/mol. The molecule has 0 aliphatic heterocycles. The first-order valence-corrected chi connectivity index (χ1v) is 8.86. The lowest BCUT2D eigenvalue weighted by Gasteiger charge is -2.11. The van der Waals surface area contributed by atoms with E-state index in [1.165, 1.54) is 18.4 Å². The minimum Gasteiger partial charge on any atom is -0.356 e. The van der Waals surface area contributed by atoms with Crippen LogP contribution in [-0.2, 0) is 16.0 Å². The van der Waals surface area contributed by atoms with Crippen LogP contribution < -0.4 is 10.6 Å². The van der Waals surface area contributed by atoms with Crippen molar-refractivity contribution >= 4 is 11.8 Å². The lowest BCUT2D eigenvalue weighted by molar-refractivity contribution is -0.127. The minimum atomic E-state index is -0.104. The molecule has 4 nitrogen and oxygen atoms in total. The second-order valence-electron chi connectivity index (χ2n) is 6.82. The quantitative estimate of drug-likeness (QED) is 0.760. The van der Waals surface area contributed by atoms with E-state index in [0.717, 1.165) is 25.7 Å². The zero-order chi connectivity index (χ0) is 16.1. The fourth-order valence-corrected chi connectivity index (χ4v) is 3.43. The van der Waals surface area contributed by atoms with E-state index in [0.29, 0.717) is 19.0 Å². The molecule has 2 amide bonds. The van der Waals surface area contributed by atoms with Gasteiger partial charge in [0.05, 0.1) is 11.8 Å². The maximum absolute atomic E-state index is 12.1. The molecule has 1 aromatic carbocycles. The summed E-state index contributed by atoms with van der Waals surface area (Å²) in [5.74, 6) is -0.0659. The van der Waals surface area contributed by atoms with Gasteiger partial charge in [-0.15, -0.1) is 0 Å². The van der Waals surface area contributed by atoms with Crippen LogP contribution in [0.1, 0.15) is 44.1 Å². The first kappa shape index (κ1) is 16.0. The Bertz CT molecular complexity index is 538. The van der Waals surface area contributed by atoms with E-state index in [4.69, 9.17) is 0 Å². The van der Waals surface area contributed by atoms with Gasteiger partial charge in [0.1, 0.15) is 0 Å². The second kappa shape index (κ2) is 7.62. The van der Waals surface area contributed by atoms with Crippen LogP contribution in [0.5, 0.6) is 0 Å². The SMILES string of the molecule is O=C(NCCCc1ccccc1)C1CC1C(=O)NC1CCCC1. The number of carbonyl (C=O) groups excluding carboxylic acids is 2. The first-order valence-electron chi connectivity index (χ1n) is 8.86. The summed E-state index contributed by atoms with van der Waals surface area (Å²) < 4.78 is 0. The highest BCUT2D eigenvalue weighted by Gasteiger charge is 2.48. The van der Waals surface area contributed by atoms with Crippen LogP contribution >= 0.6 is 0 Å². The highest BCUT2D eigenvalue weighted by atomic mass is 16.2. The van der Waals surface area contributed by atoms with Crippen LogP contribution in [0.2, 0.25) is 0 Å². The highest BCUT2D eigenvalue weighted by Crippen LogP contribution is 2.39. The van der Waals surface area contributed by atoms with E-state index in [-0.39, 0.29) is 23.7 Å². The summed E-state index contributed by atoms with van der Waals surface area (Å²) in [6.07, 6.45) is 7.22. The van der Waals surface area contributed by atoms with Crippen LogP contribution in [0.25, 0.3) is 0 Å². The molecule has 2 N–H and O–H groups in total. The number of benzene rings is 1. The zero-order valence-corrected chi connectivity index (χ0v) is 13.6. The van der Waals surface area contributed by atoms with Gasteiger partial charge < -0.3 is 10.6 Å². The molecule has 1 aromatic rings. The molecular formula is C19H26N2O2. The summed E-state index contributed by atoms with van der Waals surface area (Å²) in [4.78, 5) is 24.2. The van der Waals surface area contributed by atoms with Crippen molar-refractivity contribution in [2.45, 2.75) is 51.0 Å². The molecule has 4 heteroatoms. The molecule has 3 rings (SSSR count).